The minimum Gasteiger partial charge on any atom is -0.448 e. The zero-order chi connectivity index (χ0) is 9.07. The van der Waals surface area contributed by atoms with Gasteiger partial charge in [0.15, 0.2) is 6.10 Å². The van der Waals surface area contributed by atoms with Crippen molar-refractivity contribution >= 4 is 21.9 Å². The van der Waals surface area contributed by atoms with Gasteiger partial charge in [-0.1, -0.05) is 21.9 Å². The first kappa shape index (κ1) is 10.5. The van der Waals surface area contributed by atoms with Gasteiger partial charge in [-0.25, -0.2) is 0 Å². The van der Waals surface area contributed by atoms with E-state index < -0.39 is 10.4 Å². The summed E-state index contributed by atoms with van der Waals surface area (Å²) in [6.07, 6.45) is 4.56. The summed E-state index contributed by atoms with van der Waals surface area (Å²) in [4.78, 5) is 11.1. The first-order chi connectivity index (χ1) is 4.88. The fourth-order valence-corrected chi connectivity index (χ4v) is 0.428. The molecule has 0 spiro atoms. The van der Waals surface area contributed by atoms with Gasteiger partial charge < -0.3 is 4.74 Å². The standard InChI is InChI=1S/C8H11BrO2/c1-5-6(2)11-7(10)8(3,4)9/h1,6H,2-4H3/t6-/m0/s1. The van der Waals surface area contributed by atoms with Crippen LogP contribution in [-0.2, 0) is 9.53 Å². The Labute approximate surface area is 75.4 Å². The van der Waals surface area contributed by atoms with Crippen molar-refractivity contribution in [1.82, 2.24) is 0 Å². The molecular formula is C8H11BrO2. The molecule has 0 saturated heterocycles. The zero-order valence-electron chi connectivity index (χ0n) is 6.85. The Kier molecular flexibility index (Phi) is 3.61. The summed E-state index contributed by atoms with van der Waals surface area (Å²) in [6, 6.07) is 0. The second-order valence-corrected chi connectivity index (χ2v) is 4.67. The van der Waals surface area contributed by atoms with Crippen LogP contribution in [0.3, 0.4) is 0 Å². The molecular weight excluding hydrogens is 208 g/mol. The average Bonchev–Trinajstić information content (AvgIpc) is 1.85. The summed E-state index contributed by atoms with van der Waals surface area (Å²) in [5, 5.41) is 0. The number of esters is 1. The molecule has 0 bridgehead atoms. The molecule has 0 N–H and O–H groups in total. The molecule has 0 aliphatic carbocycles. The van der Waals surface area contributed by atoms with E-state index in [4.69, 9.17) is 11.2 Å². The Morgan fingerprint density at radius 1 is 1.73 bits per heavy atom. The van der Waals surface area contributed by atoms with Gasteiger partial charge in [0.1, 0.15) is 4.32 Å². The van der Waals surface area contributed by atoms with Crippen LogP contribution in [-0.4, -0.2) is 16.4 Å². The van der Waals surface area contributed by atoms with Crippen LogP contribution in [0.5, 0.6) is 0 Å². The Morgan fingerprint density at radius 2 is 2.18 bits per heavy atom. The third-order valence-corrected chi connectivity index (χ3v) is 1.33. The van der Waals surface area contributed by atoms with Crippen molar-refractivity contribution in [3.05, 3.63) is 0 Å². The fourth-order valence-electron chi connectivity index (χ4n) is 0.335. The van der Waals surface area contributed by atoms with Crippen LogP contribution >= 0.6 is 15.9 Å². The van der Waals surface area contributed by atoms with Gasteiger partial charge in [0.05, 0.1) is 0 Å². The van der Waals surface area contributed by atoms with Gasteiger partial charge >= 0.3 is 5.97 Å². The Morgan fingerprint density at radius 3 is 2.45 bits per heavy atom. The molecule has 0 fully saturated rings. The van der Waals surface area contributed by atoms with Crippen LogP contribution in [0.15, 0.2) is 0 Å². The van der Waals surface area contributed by atoms with Crippen LogP contribution in [0, 0.1) is 12.3 Å². The average molecular weight is 219 g/mol. The highest BCUT2D eigenvalue weighted by atomic mass is 79.9. The Hall–Kier alpha value is -0.490. The molecule has 0 aromatic carbocycles. The quantitative estimate of drug-likeness (QED) is 0.401. The highest BCUT2D eigenvalue weighted by molar-refractivity contribution is 9.10. The maximum atomic E-state index is 11.1. The largest absolute Gasteiger partial charge is 0.448 e. The lowest BCUT2D eigenvalue weighted by atomic mass is 10.2. The van der Waals surface area contributed by atoms with Crippen LogP contribution in [0.2, 0.25) is 0 Å². The summed E-state index contributed by atoms with van der Waals surface area (Å²) in [5.74, 6) is 1.96. The van der Waals surface area contributed by atoms with E-state index in [9.17, 15) is 4.79 Å². The van der Waals surface area contributed by atoms with Gasteiger partial charge in [0, 0.05) is 0 Å². The van der Waals surface area contributed by atoms with Crippen LogP contribution < -0.4 is 0 Å². The lowest BCUT2D eigenvalue weighted by molar-refractivity contribution is -0.147. The van der Waals surface area contributed by atoms with Gasteiger partial charge in [-0.2, -0.15) is 0 Å². The van der Waals surface area contributed by atoms with Gasteiger partial charge in [0.2, 0.25) is 0 Å². The summed E-state index contributed by atoms with van der Waals surface area (Å²) in [6.45, 7) is 5.06. The van der Waals surface area contributed by atoms with Crippen molar-refractivity contribution < 1.29 is 9.53 Å². The highest BCUT2D eigenvalue weighted by Crippen LogP contribution is 2.18. The number of hydrogen-bond donors (Lipinski definition) is 0. The Balaban J connectivity index is 4.01. The molecule has 0 saturated carbocycles. The van der Waals surface area contributed by atoms with E-state index >= 15 is 0 Å². The fraction of sp³-hybridized carbons (Fsp3) is 0.625. The minimum atomic E-state index is -0.655. The van der Waals surface area contributed by atoms with Crippen molar-refractivity contribution in [2.75, 3.05) is 0 Å². The van der Waals surface area contributed by atoms with Gasteiger partial charge in [-0.05, 0) is 20.8 Å². The molecule has 0 aromatic rings. The first-order valence-corrected chi connectivity index (χ1v) is 4.03. The smallest absolute Gasteiger partial charge is 0.323 e. The number of rotatable bonds is 2. The molecule has 0 amide bonds. The van der Waals surface area contributed by atoms with E-state index in [1.807, 2.05) is 0 Å². The second kappa shape index (κ2) is 3.77. The van der Waals surface area contributed by atoms with Crippen LogP contribution in [0.25, 0.3) is 0 Å². The topological polar surface area (TPSA) is 26.3 Å². The highest BCUT2D eigenvalue weighted by Gasteiger charge is 2.26. The maximum absolute atomic E-state index is 11.1. The molecule has 0 aliphatic heterocycles. The SMILES string of the molecule is C#C[C@H](C)OC(=O)C(C)(C)Br. The molecule has 0 heterocycles. The number of carbonyl (C=O) groups is 1. The zero-order valence-corrected chi connectivity index (χ0v) is 8.44. The molecule has 1 atom stereocenters. The number of carbonyl (C=O) groups excluding carboxylic acids is 1. The first-order valence-electron chi connectivity index (χ1n) is 3.24. The van der Waals surface area contributed by atoms with E-state index in [2.05, 4.69) is 21.9 Å². The van der Waals surface area contributed by atoms with E-state index in [1.165, 1.54) is 0 Å². The van der Waals surface area contributed by atoms with Crippen molar-refractivity contribution in [3.63, 3.8) is 0 Å². The predicted octanol–water partition coefficient (Wildman–Crippen LogP) is 1.72. The molecule has 0 radical (unpaired) electrons. The number of terminal acetylenes is 1. The number of halogens is 1. The third kappa shape index (κ3) is 4.05. The van der Waals surface area contributed by atoms with Gasteiger partial charge in [-0.15, -0.1) is 6.42 Å². The van der Waals surface area contributed by atoms with Crippen molar-refractivity contribution in [1.29, 1.82) is 0 Å². The van der Waals surface area contributed by atoms with Crippen molar-refractivity contribution in [2.24, 2.45) is 0 Å². The number of hydrogen-bond acceptors (Lipinski definition) is 2. The van der Waals surface area contributed by atoms with E-state index in [1.54, 1.807) is 20.8 Å². The van der Waals surface area contributed by atoms with Crippen LogP contribution in [0.4, 0.5) is 0 Å². The minimum absolute atomic E-state index is 0.344. The second-order valence-electron chi connectivity index (χ2n) is 2.69. The molecule has 0 unspecified atom stereocenters. The molecule has 3 heteroatoms. The molecule has 0 rings (SSSR count). The molecule has 0 aromatic heterocycles. The molecule has 0 aliphatic rings. The summed E-state index contributed by atoms with van der Waals surface area (Å²) >= 11 is 3.16. The molecule has 11 heavy (non-hydrogen) atoms. The lowest BCUT2D eigenvalue weighted by Gasteiger charge is -2.16. The van der Waals surface area contributed by atoms with Crippen LogP contribution in [0.1, 0.15) is 20.8 Å². The summed E-state index contributed by atoms with van der Waals surface area (Å²) < 4.78 is 4.19. The van der Waals surface area contributed by atoms with Crippen molar-refractivity contribution in [2.45, 2.75) is 31.2 Å². The number of alkyl halides is 1. The van der Waals surface area contributed by atoms with E-state index in [0.29, 0.717) is 0 Å². The monoisotopic (exact) mass is 218 g/mol. The van der Waals surface area contributed by atoms with E-state index in [0.717, 1.165) is 0 Å². The summed E-state index contributed by atoms with van der Waals surface area (Å²) in [7, 11) is 0. The maximum Gasteiger partial charge on any atom is 0.323 e. The summed E-state index contributed by atoms with van der Waals surface area (Å²) in [5.41, 5.74) is 0. The number of ether oxygens (including phenoxy) is 1. The van der Waals surface area contributed by atoms with Crippen molar-refractivity contribution in [3.8, 4) is 12.3 Å². The third-order valence-electron chi connectivity index (χ3n) is 1.00. The Bertz CT molecular complexity index is 185. The lowest BCUT2D eigenvalue weighted by Crippen LogP contribution is -2.29. The molecule has 2 nitrogen and oxygen atoms in total. The van der Waals surface area contributed by atoms with Gasteiger partial charge in [0.25, 0.3) is 0 Å². The van der Waals surface area contributed by atoms with E-state index in [-0.39, 0.29) is 5.97 Å². The normalized spacial score (nSPS) is 13.4. The van der Waals surface area contributed by atoms with Gasteiger partial charge in [-0.3, -0.25) is 4.79 Å². The predicted molar refractivity (Wildman–Crippen MR) is 47.4 cm³/mol. The molecule has 62 valence electrons.